The second-order valence-corrected chi connectivity index (χ2v) is 18.9. The summed E-state index contributed by atoms with van der Waals surface area (Å²) in [6, 6.07) is 0. The molecule has 1 saturated heterocycles. The van der Waals surface area contributed by atoms with E-state index in [4.69, 9.17) is 9.47 Å². The van der Waals surface area contributed by atoms with Crippen molar-refractivity contribution in [2.45, 2.75) is 18.9 Å². The zero-order chi connectivity index (χ0) is 6.91. The summed E-state index contributed by atoms with van der Waals surface area (Å²) in [5, 5.41) is 0. The maximum atomic E-state index is 5.39. The van der Waals surface area contributed by atoms with Gasteiger partial charge in [-0.15, -0.1) is 0 Å². The van der Waals surface area contributed by atoms with E-state index < -0.39 is 18.4 Å². The predicted octanol–water partition coefficient (Wildman–Crippen LogP) is 1.24. The average molecular weight is 237 g/mol. The summed E-state index contributed by atoms with van der Waals surface area (Å²) in [7, 11) is 0. The molecule has 0 radical (unpaired) electrons. The summed E-state index contributed by atoms with van der Waals surface area (Å²) >= 11 is -1.74. The summed E-state index contributed by atoms with van der Waals surface area (Å²) in [5.74, 6) is 0. The van der Waals surface area contributed by atoms with E-state index in [1.54, 1.807) is 0 Å². The summed E-state index contributed by atoms with van der Waals surface area (Å²) in [6.07, 6.45) is 0. The van der Waals surface area contributed by atoms with Crippen LogP contribution in [0.25, 0.3) is 0 Å². The van der Waals surface area contributed by atoms with Crippen LogP contribution in [0.1, 0.15) is 0 Å². The third-order valence-corrected chi connectivity index (χ3v) is 8.05. The number of hydrogen-bond acceptors (Lipinski definition) is 2. The molecule has 1 rings (SSSR count). The van der Waals surface area contributed by atoms with Crippen molar-refractivity contribution < 1.29 is 9.47 Å². The SMILES string of the molecule is [CH3][Sn]([CH3])([CH3])[CH]1COCO1. The molecule has 1 heterocycles. The monoisotopic (exact) mass is 238 g/mol. The van der Waals surface area contributed by atoms with Gasteiger partial charge in [0, 0.05) is 0 Å². The molecule has 54 valence electrons. The Labute approximate surface area is 60.4 Å². The molecule has 0 aromatic carbocycles. The van der Waals surface area contributed by atoms with E-state index in [0.717, 1.165) is 6.61 Å². The summed E-state index contributed by atoms with van der Waals surface area (Å²) in [5.41, 5.74) is 0. The van der Waals surface area contributed by atoms with Crippen molar-refractivity contribution >= 4 is 18.4 Å². The average Bonchev–Trinajstić information content (AvgIpc) is 2.08. The van der Waals surface area contributed by atoms with Gasteiger partial charge in [-0.05, 0) is 0 Å². The van der Waals surface area contributed by atoms with E-state index in [9.17, 15) is 0 Å². The van der Waals surface area contributed by atoms with Crippen LogP contribution in [0.15, 0.2) is 0 Å². The molecule has 1 aliphatic heterocycles. The van der Waals surface area contributed by atoms with Crippen LogP contribution in [0.4, 0.5) is 0 Å². The van der Waals surface area contributed by atoms with Crippen molar-refractivity contribution in [2.24, 2.45) is 0 Å². The Morgan fingerprint density at radius 3 is 2.22 bits per heavy atom. The second kappa shape index (κ2) is 2.76. The molecular formula is C6H14O2Sn. The molecule has 1 atom stereocenters. The molecule has 0 N–H and O–H groups in total. The molecule has 0 saturated carbocycles. The third-order valence-electron chi connectivity index (χ3n) is 1.59. The van der Waals surface area contributed by atoms with Gasteiger partial charge in [-0.25, -0.2) is 0 Å². The van der Waals surface area contributed by atoms with Gasteiger partial charge in [0.15, 0.2) is 0 Å². The molecule has 0 amide bonds. The molecule has 1 unspecified atom stereocenters. The fourth-order valence-corrected chi connectivity index (χ4v) is 4.22. The molecule has 1 aliphatic rings. The van der Waals surface area contributed by atoms with Gasteiger partial charge < -0.3 is 0 Å². The Kier molecular flexibility index (Phi) is 2.40. The summed E-state index contributed by atoms with van der Waals surface area (Å²) in [4.78, 5) is 7.11. The van der Waals surface area contributed by atoms with Crippen molar-refractivity contribution in [3.63, 3.8) is 0 Å². The zero-order valence-electron chi connectivity index (χ0n) is 6.31. The molecule has 0 bridgehead atoms. The fourth-order valence-electron chi connectivity index (χ4n) is 0.834. The maximum absolute atomic E-state index is 5.39. The molecular weight excluding hydrogens is 223 g/mol. The number of hydrogen-bond donors (Lipinski definition) is 0. The van der Waals surface area contributed by atoms with Crippen molar-refractivity contribution in [1.82, 2.24) is 0 Å². The third kappa shape index (κ3) is 2.09. The molecule has 9 heavy (non-hydrogen) atoms. The molecule has 2 nitrogen and oxygen atoms in total. The van der Waals surface area contributed by atoms with E-state index in [0.29, 0.717) is 10.9 Å². The number of rotatable bonds is 1. The van der Waals surface area contributed by atoms with E-state index in [1.165, 1.54) is 0 Å². The topological polar surface area (TPSA) is 18.5 Å². The van der Waals surface area contributed by atoms with Gasteiger partial charge in [0.05, 0.1) is 0 Å². The first-order valence-electron chi connectivity index (χ1n) is 3.30. The standard InChI is InChI=1S/C3H5O2.3CH3.Sn/c1-2-5-3-4-1;;;;/h1H,2-3H2;3*1H3;. The van der Waals surface area contributed by atoms with Gasteiger partial charge in [-0.1, -0.05) is 0 Å². The van der Waals surface area contributed by atoms with Crippen LogP contribution in [0.5, 0.6) is 0 Å². The van der Waals surface area contributed by atoms with Crippen LogP contribution in [-0.2, 0) is 9.47 Å². The van der Waals surface area contributed by atoms with E-state index >= 15 is 0 Å². The van der Waals surface area contributed by atoms with Crippen LogP contribution >= 0.6 is 0 Å². The minimum atomic E-state index is -1.74. The molecule has 0 aromatic heterocycles. The first kappa shape index (κ1) is 7.82. The van der Waals surface area contributed by atoms with Crippen LogP contribution in [-0.4, -0.2) is 35.9 Å². The van der Waals surface area contributed by atoms with E-state index in [1.807, 2.05) is 0 Å². The van der Waals surface area contributed by atoms with Crippen molar-refractivity contribution in [3.8, 4) is 0 Å². The molecule has 3 heteroatoms. The van der Waals surface area contributed by atoms with Crippen LogP contribution in [0.2, 0.25) is 14.8 Å². The molecule has 0 aliphatic carbocycles. The van der Waals surface area contributed by atoms with Gasteiger partial charge in [-0.3, -0.25) is 0 Å². The number of ether oxygens (including phenoxy) is 2. The van der Waals surface area contributed by atoms with Crippen LogP contribution in [0, 0.1) is 0 Å². The fraction of sp³-hybridized carbons (Fsp3) is 1.00. The molecule has 0 spiro atoms. The zero-order valence-corrected chi connectivity index (χ0v) is 9.16. The van der Waals surface area contributed by atoms with Crippen LogP contribution in [0.3, 0.4) is 0 Å². The second-order valence-electron chi connectivity index (χ2n) is 3.51. The van der Waals surface area contributed by atoms with Gasteiger partial charge in [0.25, 0.3) is 0 Å². The Balaban J connectivity index is 2.42. The predicted molar refractivity (Wildman–Crippen MR) is 39.0 cm³/mol. The Morgan fingerprint density at radius 1 is 1.33 bits per heavy atom. The molecule has 0 aromatic rings. The van der Waals surface area contributed by atoms with E-state index in [-0.39, 0.29) is 0 Å². The molecule has 1 fully saturated rings. The summed E-state index contributed by atoms with van der Waals surface area (Å²) < 4.78 is 11.0. The van der Waals surface area contributed by atoms with Crippen molar-refractivity contribution in [3.05, 3.63) is 0 Å². The summed E-state index contributed by atoms with van der Waals surface area (Å²) in [6.45, 7) is 1.37. The van der Waals surface area contributed by atoms with Crippen molar-refractivity contribution in [1.29, 1.82) is 0 Å². The van der Waals surface area contributed by atoms with Gasteiger partial charge in [0.2, 0.25) is 0 Å². The van der Waals surface area contributed by atoms with Gasteiger partial charge >= 0.3 is 60.2 Å². The normalized spacial score (nSPS) is 29.0. The Hall–Kier alpha value is 0.719. The Morgan fingerprint density at radius 2 is 2.00 bits per heavy atom. The first-order chi connectivity index (χ1) is 4.11. The van der Waals surface area contributed by atoms with E-state index in [2.05, 4.69) is 14.8 Å². The first-order valence-corrected chi connectivity index (χ1v) is 13.5. The Bertz CT molecular complexity index is 91.7. The van der Waals surface area contributed by atoms with Gasteiger partial charge in [-0.2, -0.15) is 0 Å². The van der Waals surface area contributed by atoms with Crippen LogP contribution < -0.4 is 0 Å². The minimum absolute atomic E-state index is 0.499. The van der Waals surface area contributed by atoms with Gasteiger partial charge in [0.1, 0.15) is 0 Å². The van der Waals surface area contributed by atoms with Crippen molar-refractivity contribution in [2.75, 3.05) is 13.4 Å². The quantitative estimate of drug-likeness (QED) is 0.638.